The van der Waals surface area contributed by atoms with Crippen molar-refractivity contribution < 1.29 is 4.79 Å². The molecule has 3 rings (SSSR count). The van der Waals surface area contributed by atoms with Crippen LogP contribution in [0.4, 0.5) is 5.82 Å². The van der Waals surface area contributed by atoms with Gasteiger partial charge in [0.2, 0.25) is 5.91 Å². The van der Waals surface area contributed by atoms with Gasteiger partial charge in [-0.1, -0.05) is 23.2 Å². The second kappa shape index (κ2) is 6.26. The van der Waals surface area contributed by atoms with Gasteiger partial charge in [-0.25, -0.2) is 4.98 Å². The van der Waals surface area contributed by atoms with Gasteiger partial charge in [-0.05, 0) is 30.9 Å². The zero-order chi connectivity index (χ0) is 15.7. The summed E-state index contributed by atoms with van der Waals surface area (Å²) in [5, 5.41) is 0.932. The molecular formula is C15H16Cl2N4O. The molecule has 1 fully saturated rings. The van der Waals surface area contributed by atoms with Crippen LogP contribution >= 0.6 is 23.2 Å². The monoisotopic (exact) mass is 338 g/mol. The minimum Gasteiger partial charge on any atom is -0.370 e. The SMILES string of the molecule is NC(=O)C[C@H]1CCCN(c2cnc3cc(Cl)c(Cl)cc3n2)C1. The number of nitrogens with zero attached hydrogens (tertiary/aromatic N) is 3. The Bertz CT molecular complexity index is 722. The maximum atomic E-state index is 11.1. The van der Waals surface area contributed by atoms with Gasteiger partial charge in [0.15, 0.2) is 0 Å². The van der Waals surface area contributed by atoms with Gasteiger partial charge in [0.1, 0.15) is 5.82 Å². The fourth-order valence-electron chi connectivity index (χ4n) is 2.87. The van der Waals surface area contributed by atoms with Crippen molar-refractivity contribution in [3.8, 4) is 0 Å². The standard InChI is InChI=1S/C15H16Cl2N4O/c16-10-5-12-13(6-11(10)17)20-15(7-19-12)21-3-1-2-9(8-21)4-14(18)22/h5-7,9H,1-4,8H2,(H2,18,22)/t9-/m1/s1. The zero-order valence-corrected chi connectivity index (χ0v) is 13.4. The number of halogens is 2. The topological polar surface area (TPSA) is 72.1 Å². The summed E-state index contributed by atoms with van der Waals surface area (Å²) in [5.41, 5.74) is 6.72. The number of hydrogen-bond donors (Lipinski definition) is 1. The summed E-state index contributed by atoms with van der Waals surface area (Å²) in [4.78, 5) is 22.3. The lowest BCUT2D eigenvalue weighted by atomic mass is 9.94. The zero-order valence-electron chi connectivity index (χ0n) is 11.9. The molecule has 1 atom stereocenters. The van der Waals surface area contributed by atoms with E-state index in [1.54, 1.807) is 18.3 Å². The van der Waals surface area contributed by atoms with Crippen LogP contribution < -0.4 is 10.6 Å². The Kier molecular flexibility index (Phi) is 4.36. The molecule has 0 unspecified atom stereocenters. The van der Waals surface area contributed by atoms with Gasteiger partial charge in [0.25, 0.3) is 0 Å². The highest BCUT2D eigenvalue weighted by Gasteiger charge is 2.22. The molecule has 2 heterocycles. The number of carbonyl (C=O) groups excluding carboxylic acids is 1. The van der Waals surface area contributed by atoms with Gasteiger partial charge in [0, 0.05) is 19.5 Å². The fraction of sp³-hybridized carbons (Fsp3) is 0.400. The number of primary amides is 1. The summed E-state index contributed by atoms with van der Waals surface area (Å²) in [7, 11) is 0. The van der Waals surface area contributed by atoms with Crippen LogP contribution in [0.1, 0.15) is 19.3 Å². The fourth-order valence-corrected chi connectivity index (χ4v) is 3.19. The molecule has 2 aromatic rings. The third-order valence-electron chi connectivity index (χ3n) is 3.90. The third-order valence-corrected chi connectivity index (χ3v) is 4.63. The largest absolute Gasteiger partial charge is 0.370 e. The molecular weight excluding hydrogens is 323 g/mol. The van der Waals surface area contributed by atoms with Gasteiger partial charge in [-0.3, -0.25) is 9.78 Å². The van der Waals surface area contributed by atoms with Crippen molar-refractivity contribution in [2.45, 2.75) is 19.3 Å². The number of nitrogens with two attached hydrogens (primary N) is 1. The summed E-state index contributed by atoms with van der Waals surface area (Å²) in [6.45, 7) is 1.67. The summed E-state index contributed by atoms with van der Waals surface area (Å²) >= 11 is 12.0. The van der Waals surface area contributed by atoms with E-state index in [0.29, 0.717) is 27.5 Å². The van der Waals surface area contributed by atoms with E-state index in [-0.39, 0.29) is 11.8 Å². The van der Waals surface area contributed by atoms with E-state index in [1.165, 1.54) is 0 Å². The predicted octanol–water partition coefficient (Wildman–Crippen LogP) is 3.03. The van der Waals surface area contributed by atoms with Crippen molar-refractivity contribution in [3.05, 3.63) is 28.4 Å². The molecule has 2 N–H and O–H groups in total. The van der Waals surface area contributed by atoms with Gasteiger partial charge >= 0.3 is 0 Å². The van der Waals surface area contributed by atoms with Crippen LogP contribution in [0.15, 0.2) is 18.3 Å². The molecule has 7 heteroatoms. The van der Waals surface area contributed by atoms with Crippen LogP contribution in [0.2, 0.25) is 10.0 Å². The Labute approximate surface area is 138 Å². The Hall–Kier alpha value is -1.59. The highest BCUT2D eigenvalue weighted by Crippen LogP contribution is 2.28. The summed E-state index contributed by atoms with van der Waals surface area (Å²) in [6, 6.07) is 3.43. The van der Waals surface area contributed by atoms with Crippen LogP contribution in [-0.2, 0) is 4.79 Å². The highest BCUT2D eigenvalue weighted by molar-refractivity contribution is 6.42. The molecule has 1 aliphatic rings. The highest BCUT2D eigenvalue weighted by atomic mass is 35.5. The van der Waals surface area contributed by atoms with Gasteiger partial charge in [0.05, 0.1) is 27.3 Å². The summed E-state index contributed by atoms with van der Waals surface area (Å²) in [6.07, 6.45) is 4.18. The van der Waals surface area contributed by atoms with Gasteiger partial charge in [-0.15, -0.1) is 0 Å². The van der Waals surface area contributed by atoms with E-state index >= 15 is 0 Å². The molecule has 0 saturated carbocycles. The Morgan fingerprint density at radius 1 is 1.32 bits per heavy atom. The van der Waals surface area contributed by atoms with E-state index in [0.717, 1.165) is 31.7 Å². The first-order valence-electron chi connectivity index (χ1n) is 7.18. The first-order valence-corrected chi connectivity index (χ1v) is 7.93. The number of hydrogen-bond acceptors (Lipinski definition) is 4. The number of carbonyl (C=O) groups is 1. The number of benzene rings is 1. The molecule has 1 aromatic heterocycles. The number of amides is 1. The molecule has 1 saturated heterocycles. The molecule has 0 spiro atoms. The van der Waals surface area contributed by atoms with E-state index in [9.17, 15) is 4.79 Å². The van der Waals surface area contributed by atoms with E-state index < -0.39 is 0 Å². The molecule has 0 radical (unpaired) electrons. The van der Waals surface area contributed by atoms with Crippen LogP contribution in [-0.4, -0.2) is 29.0 Å². The van der Waals surface area contributed by atoms with Crippen molar-refractivity contribution in [3.63, 3.8) is 0 Å². The lowest BCUT2D eigenvalue weighted by molar-refractivity contribution is -0.118. The Balaban J connectivity index is 1.86. The van der Waals surface area contributed by atoms with Crippen molar-refractivity contribution in [1.82, 2.24) is 9.97 Å². The Morgan fingerprint density at radius 3 is 2.77 bits per heavy atom. The first-order chi connectivity index (χ1) is 10.5. The molecule has 0 aliphatic carbocycles. The molecule has 1 amide bonds. The van der Waals surface area contributed by atoms with E-state index in [2.05, 4.69) is 14.9 Å². The normalized spacial score (nSPS) is 18.6. The van der Waals surface area contributed by atoms with Gasteiger partial charge in [-0.2, -0.15) is 0 Å². The van der Waals surface area contributed by atoms with Crippen molar-refractivity contribution in [2.24, 2.45) is 11.7 Å². The Morgan fingerprint density at radius 2 is 2.05 bits per heavy atom. The van der Waals surface area contributed by atoms with Crippen LogP contribution in [0.3, 0.4) is 0 Å². The van der Waals surface area contributed by atoms with Gasteiger partial charge < -0.3 is 10.6 Å². The second-order valence-corrected chi connectivity index (χ2v) is 6.42. The molecule has 22 heavy (non-hydrogen) atoms. The van der Waals surface area contributed by atoms with Crippen molar-refractivity contribution in [2.75, 3.05) is 18.0 Å². The number of anilines is 1. The number of fused-ring (bicyclic) bond motifs is 1. The van der Waals surface area contributed by atoms with E-state index in [4.69, 9.17) is 28.9 Å². The molecule has 1 aliphatic heterocycles. The molecule has 0 bridgehead atoms. The van der Waals surface area contributed by atoms with Crippen LogP contribution in [0.5, 0.6) is 0 Å². The lowest BCUT2D eigenvalue weighted by Crippen LogP contribution is -2.37. The lowest BCUT2D eigenvalue weighted by Gasteiger charge is -2.33. The number of rotatable bonds is 3. The predicted molar refractivity (Wildman–Crippen MR) is 88.3 cm³/mol. The first kappa shape index (κ1) is 15.3. The van der Waals surface area contributed by atoms with Crippen LogP contribution in [0, 0.1) is 5.92 Å². The maximum Gasteiger partial charge on any atom is 0.217 e. The van der Waals surface area contributed by atoms with E-state index in [1.807, 2.05) is 0 Å². The third kappa shape index (κ3) is 3.25. The minimum absolute atomic E-state index is 0.252. The summed E-state index contributed by atoms with van der Waals surface area (Å²) in [5.74, 6) is 0.815. The molecule has 5 nitrogen and oxygen atoms in total. The second-order valence-electron chi connectivity index (χ2n) is 5.61. The maximum absolute atomic E-state index is 11.1. The minimum atomic E-state index is -0.252. The van der Waals surface area contributed by atoms with Crippen molar-refractivity contribution in [1.29, 1.82) is 0 Å². The van der Waals surface area contributed by atoms with Crippen LogP contribution in [0.25, 0.3) is 11.0 Å². The number of piperidine rings is 1. The quantitative estimate of drug-likeness (QED) is 0.933. The average molecular weight is 339 g/mol. The summed E-state index contributed by atoms with van der Waals surface area (Å²) < 4.78 is 0. The smallest absolute Gasteiger partial charge is 0.217 e. The molecule has 1 aromatic carbocycles. The van der Waals surface area contributed by atoms with Crippen molar-refractivity contribution >= 4 is 46.0 Å². The molecule has 116 valence electrons. The average Bonchev–Trinajstić information content (AvgIpc) is 2.47. The number of aromatic nitrogens is 2.